The number of aromatic amines is 1. The summed E-state index contributed by atoms with van der Waals surface area (Å²) in [4.78, 5) is 27.0. The fraction of sp³-hybridized carbons (Fsp3) is 0.167. The molecular weight excluding hydrogens is 132 g/mol. The number of carbonyl (C=O) groups excluding carboxylic acids is 1. The van der Waals surface area contributed by atoms with Gasteiger partial charge in [0.1, 0.15) is 5.56 Å². The Bertz CT molecular complexity index is 303. The lowest BCUT2D eigenvalue weighted by molar-refractivity contribution is 0.112. The number of hydrogen-bond donors (Lipinski definition) is 1. The fourth-order valence-electron chi connectivity index (χ4n) is 0.638. The molecule has 10 heavy (non-hydrogen) atoms. The third kappa shape index (κ3) is 0.953. The molecule has 1 rings (SSSR count). The standard InChI is InChI=1S/C6H6N2O2/c1-4-5(2-9)6(10)8-3-7-4/h2-3H,1H3,(H,7,8,10). The van der Waals surface area contributed by atoms with Crippen molar-refractivity contribution in [2.75, 3.05) is 0 Å². The average Bonchev–Trinajstić information content (AvgIpc) is 1.88. The predicted octanol–water partition coefficient (Wildman–Crippen LogP) is -0.109. The summed E-state index contributed by atoms with van der Waals surface area (Å²) in [7, 11) is 0. The molecule has 1 aromatic rings. The highest BCUT2D eigenvalue weighted by molar-refractivity contribution is 5.75. The summed E-state index contributed by atoms with van der Waals surface area (Å²) in [5, 5.41) is 0. The SMILES string of the molecule is Cc1nc[nH]c(=O)c1C=O. The number of nitrogens with zero attached hydrogens (tertiary/aromatic N) is 1. The second-order valence-electron chi connectivity index (χ2n) is 1.85. The van der Waals surface area contributed by atoms with Gasteiger partial charge in [-0.25, -0.2) is 4.98 Å². The first-order chi connectivity index (χ1) is 4.75. The van der Waals surface area contributed by atoms with Gasteiger partial charge in [-0.05, 0) is 6.92 Å². The monoisotopic (exact) mass is 138 g/mol. The normalized spacial score (nSPS) is 9.30. The summed E-state index contributed by atoms with van der Waals surface area (Å²) in [6.45, 7) is 1.61. The van der Waals surface area contributed by atoms with E-state index in [2.05, 4.69) is 9.97 Å². The van der Waals surface area contributed by atoms with Crippen molar-refractivity contribution >= 4 is 6.29 Å². The Morgan fingerprint density at radius 2 is 2.40 bits per heavy atom. The van der Waals surface area contributed by atoms with E-state index in [4.69, 9.17) is 0 Å². The highest BCUT2D eigenvalue weighted by atomic mass is 16.1. The number of nitrogens with one attached hydrogen (secondary N) is 1. The summed E-state index contributed by atoms with van der Waals surface area (Å²) in [5.41, 5.74) is 0.170. The molecule has 1 heterocycles. The molecule has 0 aliphatic heterocycles. The number of hydrogen-bond acceptors (Lipinski definition) is 3. The van der Waals surface area contributed by atoms with E-state index in [1.165, 1.54) is 6.33 Å². The quantitative estimate of drug-likeness (QED) is 0.551. The molecular formula is C6H6N2O2. The number of carbonyl (C=O) groups is 1. The summed E-state index contributed by atoms with van der Waals surface area (Å²) in [5.74, 6) is 0. The minimum atomic E-state index is -0.387. The lowest BCUT2D eigenvalue weighted by Gasteiger charge is -1.91. The second kappa shape index (κ2) is 2.43. The van der Waals surface area contributed by atoms with E-state index < -0.39 is 0 Å². The van der Waals surface area contributed by atoms with E-state index >= 15 is 0 Å². The van der Waals surface area contributed by atoms with Crippen LogP contribution in [0.5, 0.6) is 0 Å². The minimum absolute atomic E-state index is 0.0995. The molecule has 0 aliphatic rings. The van der Waals surface area contributed by atoms with Crippen LogP contribution in [0.15, 0.2) is 11.1 Å². The van der Waals surface area contributed by atoms with Gasteiger partial charge in [0.15, 0.2) is 6.29 Å². The number of H-pyrrole nitrogens is 1. The van der Waals surface area contributed by atoms with Gasteiger partial charge in [-0.3, -0.25) is 9.59 Å². The van der Waals surface area contributed by atoms with E-state index in [0.29, 0.717) is 12.0 Å². The lowest BCUT2D eigenvalue weighted by atomic mass is 10.3. The van der Waals surface area contributed by atoms with Crippen molar-refractivity contribution in [2.45, 2.75) is 6.92 Å². The van der Waals surface area contributed by atoms with Gasteiger partial charge >= 0.3 is 0 Å². The third-order valence-corrected chi connectivity index (χ3v) is 1.21. The highest BCUT2D eigenvalue weighted by Crippen LogP contribution is 1.89. The first-order valence-corrected chi connectivity index (χ1v) is 2.75. The smallest absolute Gasteiger partial charge is 0.261 e. The topological polar surface area (TPSA) is 62.8 Å². The maximum Gasteiger partial charge on any atom is 0.261 e. The lowest BCUT2D eigenvalue weighted by Crippen LogP contribution is -2.14. The Morgan fingerprint density at radius 3 is 2.80 bits per heavy atom. The van der Waals surface area contributed by atoms with E-state index in [0.717, 1.165) is 0 Å². The molecule has 0 fully saturated rings. The summed E-state index contributed by atoms with van der Waals surface area (Å²) in [6.07, 6.45) is 1.77. The van der Waals surface area contributed by atoms with Gasteiger partial charge in [-0.15, -0.1) is 0 Å². The zero-order chi connectivity index (χ0) is 7.56. The van der Waals surface area contributed by atoms with Gasteiger partial charge in [-0.2, -0.15) is 0 Å². The minimum Gasteiger partial charge on any atom is -0.313 e. The second-order valence-corrected chi connectivity index (χ2v) is 1.85. The molecule has 0 aromatic carbocycles. The first-order valence-electron chi connectivity index (χ1n) is 2.75. The van der Waals surface area contributed by atoms with Crippen molar-refractivity contribution in [2.24, 2.45) is 0 Å². The number of aromatic nitrogens is 2. The summed E-state index contributed by atoms with van der Waals surface area (Å²) < 4.78 is 0. The van der Waals surface area contributed by atoms with Crippen LogP contribution in [0.4, 0.5) is 0 Å². The molecule has 0 radical (unpaired) electrons. The molecule has 4 heteroatoms. The number of aldehydes is 1. The predicted molar refractivity (Wildman–Crippen MR) is 35.0 cm³/mol. The molecule has 0 saturated heterocycles. The number of aryl methyl sites for hydroxylation is 1. The van der Waals surface area contributed by atoms with Crippen LogP contribution in [-0.4, -0.2) is 16.3 Å². The molecule has 0 amide bonds. The molecule has 0 spiro atoms. The van der Waals surface area contributed by atoms with Crippen molar-refractivity contribution in [3.63, 3.8) is 0 Å². The number of rotatable bonds is 1. The van der Waals surface area contributed by atoms with Crippen molar-refractivity contribution < 1.29 is 4.79 Å². The first kappa shape index (κ1) is 6.67. The molecule has 52 valence electrons. The molecule has 0 aliphatic carbocycles. The molecule has 0 unspecified atom stereocenters. The van der Waals surface area contributed by atoms with Gasteiger partial charge in [0.25, 0.3) is 5.56 Å². The zero-order valence-corrected chi connectivity index (χ0v) is 5.42. The average molecular weight is 138 g/mol. The molecule has 0 atom stereocenters. The van der Waals surface area contributed by atoms with Gasteiger partial charge in [0.2, 0.25) is 0 Å². The van der Waals surface area contributed by atoms with Crippen molar-refractivity contribution in [1.29, 1.82) is 0 Å². The van der Waals surface area contributed by atoms with Crippen LogP contribution in [0, 0.1) is 6.92 Å². The van der Waals surface area contributed by atoms with Crippen LogP contribution >= 0.6 is 0 Å². The maximum atomic E-state index is 10.7. The Morgan fingerprint density at radius 1 is 1.70 bits per heavy atom. The Hall–Kier alpha value is -1.45. The third-order valence-electron chi connectivity index (χ3n) is 1.21. The van der Waals surface area contributed by atoms with Crippen molar-refractivity contribution in [3.05, 3.63) is 27.9 Å². The molecule has 1 N–H and O–H groups in total. The zero-order valence-electron chi connectivity index (χ0n) is 5.42. The molecule has 1 aromatic heterocycles. The van der Waals surface area contributed by atoms with Crippen LogP contribution in [0.1, 0.15) is 16.1 Å². The van der Waals surface area contributed by atoms with E-state index in [-0.39, 0.29) is 11.1 Å². The molecule has 0 saturated carbocycles. The molecule has 4 nitrogen and oxygen atoms in total. The Balaban J connectivity index is 3.45. The van der Waals surface area contributed by atoms with Gasteiger partial charge in [-0.1, -0.05) is 0 Å². The van der Waals surface area contributed by atoms with Crippen LogP contribution in [-0.2, 0) is 0 Å². The van der Waals surface area contributed by atoms with E-state index in [1.54, 1.807) is 6.92 Å². The molecule has 0 bridgehead atoms. The Kier molecular flexibility index (Phi) is 1.62. The van der Waals surface area contributed by atoms with Gasteiger partial charge < -0.3 is 4.98 Å². The van der Waals surface area contributed by atoms with Crippen molar-refractivity contribution in [1.82, 2.24) is 9.97 Å². The van der Waals surface area contributed by atoms with Crippen molar-refractivity contribution in [3.8, 4) is 0 Å². The van der Waals surface area contributed by atoms with Gasteiger partial charge in [0.05, 0.1) is 12.0 Å². The van der Waals surface area contributed by atoms with Crippen LogP contribution in [0.25, 0.3) is 0 Å². The van der Waals surface area contributed by atoms with Crippen LogP contribution in [0.2, 0.25) is 0 Å². The largest absolute Gasteiger partial charge is 0.313 e. The fourth-order valence-corrected chi connectivity index (χ4v) is 0.638. The maximum absolute atomic E-state index is 10.7. The Labute approximate surface area is 56.9 Å². The summed E-state index contributed by atoms with van der Waals surface area (Å²) >= 11 is 0. The van der Waals surface area contributed by atoms with E-state index in [1.807, 2.05) is 0 Å². The van der Waals surface area contributed by atoms with E-state index in [9.17, 15) is 9.59 Å². The summed E-state index contributed by atoms with van der Waals surface area (Å²) in [6, 6.07) is 0. The van der Waals surface area contributed by atoms with Crippen LogP contribution in [0.3, 0.4) is 0 Å². The van der Waals surface area contributed by atoms with Gasteiger partial charge in [0, 0.05) is 0 Å². The highest BCUT2D eigenvalue weighted by Gasteiger charge is 2.00. The van der Waals surface area contributed by atoms with Crippen LogP contribution < -0.4 is 5.56 Å².